The third-order valence-electron chi connectivity index (χ3n) is 4.55. The van der Waals surface area contributed by atoms with E-state index in [0.717, 1.165) is 16.8 Å². The highest BCUT2D eigenvalue weighted by atomic mass is 16.2. The molecule has 0 aliphatic heterocycles. The molecule has 152 valence electrons. The first-order valence-corrected chi connectivity index (χ1v) is 9.80. The van der Waals surface area contributed by atoms with Crippen molar-refractivity contribution in [3.8, 4) is 0 Å². The lowest BCUT2D eigenvalue weighted by Gasteiger charge is -2.08. The molecule has 0 aliphatic carbocycles. The van der Waals surface area contributed by atoms with Crippen LogP contribution in [0, 0.1) is 0 Å². The summed E-state index contributed by atoms with van der Waals surface area (Å²) in [6.45, 7) is 0.300. The lowest BCUT2D eigenvalue weighted by molar-refractivity contribution is 0.102. The first-order valence-electron chi connectivity index (χ1n) is 9.80. The van der Waals surface area contributed by atoms with Crippen molar-refractivity contribution in [2.75, 3.05) is 5.32 Å². The SMILES string of the molecule is O=C(Nc1cccc(C=Cc2ccccn2)c1)c1ccc(=O)n(Cc2ccccc2)n1. The van der Waals surface area contributed by atoms with E-state index in [1.54, 1.807) is 12.3 Å². The Morgan fingerprint density at radius 2 is 1.74 bits per heavy atom. The lowest BCUT2D eigenvalue weighted by atomic mass is 10.1. The van der Waals surface area contributed by atoms with Gasteiger partial charge in [-0.05, 0) is 47.5 Å². The van der Waals surface area contributed by atoms with Gasteiger partial charge in [0.15, 0.2) is 0 Å². The summed E-state index contributed by atoms with van der Waals surface area (Å²) in [4.78, 5) is 29.1. The minimum absolute atomic E-state index is 0.171. The number of carbonyl (C=O) groups excluding carboxylic acids is 1. The summed E-state index contributed by atoms with van der Waals surface area (Å²) in [5, 5.41) is 7.07. The fraction of sp³-hybridized carbons (Fsp3) is 0.0400. The molecule has 31 heavy (non-hydrogen) atoms. The molecule has 0 aliphatic rings. The van der Waals surface area contributed by atoms with Crippen LogP contribution in [0.2, 0.25) is 0 Å². The van der Waals surface area contributed by atoms with E-state index in [1.165, 1.54) is 16.8 Å². The number of hydrogen-bond acceptors (Lipinski definition) is 4. The van der Waals surface area contributed by atoms with Crippen LogP contribution in [0.1, 0.15) is 27.3 Å². The van der Waals surface area contributed by atoms with E-state index in [9.17, 15) is 9.59 Å². The zero-order chi connectivity index (χ0) is 21.5. The molecule has 2 aromatic carbocycles. The molecule has 0 spiro atoms. The van der Waals surface area contributed by atoms with Crippen LogP contribution in [0.4, 0.5) is 5.69 Å². The summed E-state index contributed by atoms with van der Waals surface area (Å²) in [7, 11) is 0. The van der Waals surface area contributed by atoms with Gasteiger partial charge in [0.1, 0.15) is 5.69 Å². The van der Waals surface area contributed by atoms with Crippen LogP contribution < -0.4 is 10.9 Å². The van der Waals surface area contributed by atoms with E-state index < -0.39 is 0 Å². The number of amides is 1. The monoisotopic (exact) mass is 408 g/mol. The van der Waals surface area contributed by atoms with Crippen molar-refractivity contribution in [2.24, 2.45) is 0 Å². The Morgan fingerprint density at radius 3 is 2.55 bits per heavy atom. The maximum Gasteiger partial charge on any atom is 0.276 e. The van der Waals surface area contributed by atoms with Crippen molar-refractivity contribution in [3.63, 3.8) is 0 Å². The average Bonchev–Trinajstić information content (AvgIpc) is 2.81. The second-order valence-electron chi connectivity index (χ2n) is 6.87. The molecular weight excluding hydrogens is 388 g/mol. The molecule has 0 fully saturated rings. The van der Waals surface area contributed by atoms with Crippen LogP contribution in [0.15, 0.2) is 95.9 Å². The zero-order valence-corrected chi connectivity index (χ0v) is 16.7. The molecule has 0 saturated heterocycles. The molecule has 2 aromatic heterocycles. The first kappa shape index (κ1) is 20.0. The van der Waals surface area contributed by atoms with E-state index in [2.05, 4.69) is 15.4 Å². The standard InChI is InChI=1S/C25H20N4O2/c30-24-15-14-23(28-29(24)18-20-7-2-1-3-8-20)25(31)27-22-11-6-9-19(17-22)12-13-21-10-4-5-16-26-21/h1-17H,18H2,(H,27,31). The fourth-order valence-corrected chi connectivity index (χ4v) is 3.01. The van der Waals surface area contributed by atoms with Crippen LogP contribution in [-0.2, 0) is 6.54 Å². The number of benzene rings is 2. The quantitative estimate of drug-likeness (QED) is 0.521. The average molecular weight is 408 g/mol. The van der Waals surface area contributed by atoms with Gasteiger partial charge in [-0.3, -0.25) is 14.6 Å². The minimum Gasteiger partial charge on any atom is -0.321 e. The molecule has 1 N–H and O–H groups in total. The topological polar surface area (TPSA) is 76.9 Å². The van der Waals surface area contributed by atoms with Gasteiger partial charge in [-0.1, -0.05) is 54.6 Å². The molecule has 6 nitrogen and oxygen atoms in total. The van der Waals surface area contributed by atoms with E-state index in [1.807, 2.05) is 78.9 Å². The predicted octanol–water partition coefficient (Wildman–Crippen LogP) is 4.11. The maximum absolute atomic E-state index is 12.7. The number of carbonyl (C=O) groups is 1. The van der Waals surface area contributed by atoms with Crippen LogP contribution in [0.25, 0.3) is 12.2 Å². The summed E-state index contributed by atoms with van der Waals surface area (Å²) >= 11 is 0. The fourth-order valence-electron chi connectivity index (χ4n) is 3.01. The maximum atomic E-state index is 12.7. The second kappa shape index (κ2) is 9.45. The molecule has 4 aromatic rings. The number of rotatable bonds is 6. The molecule has 6 heteroatoms. The molecule has 4 rings (SSSR count). The third kappa shape index (κ3) is 5.39. The summed E-state index contributed by atoms with van der Waals surface area (Å²) in [6, 6.07) is 25.5. The number of anilines is 1. The van der Waals surface area contributed by atoms with Gasteiger partial charge in [-0.2, -0.15) is 5.10 Å². The molecule has 0 bridgehead atoms. The van der Waals surface area contributed by atoms with Crippen LogP contribution in [0.5, 0.6) is 0 Å². The Balaban J connectivity index is 1.49. The second-order valence-corrected chi connectivity index (χ2v) is 6.87. The van der Waals surface area contributed by atoms with Crippen molar-refractivity contribution in [1.82, 2.24) is 14.8 Å². The van der Waals surface area contributed by atoms with Crippen molar-refractivity contribution in [1.29, 1.82) is 0 Å². The van der Waals surface area contributed by atoms with Gasteiger partial charge in [0.05, 0.1) is 12.2 Å². The summed E-state index contributed by atoms with van der Waals surface area (Å²) in [5.41, 5.74) is 3.25. The Hall–Kier alpha value is -4.32. The van der Waals surface area contributed by atoms with E-state index in [-0.39, 0.29) is 17.2 Å². The first-order chi connectivity index (χ1) is 15.2. The van der Waals surface area contributed by atoms with Gasteiger partial charge in [0, 0.05) is 18.0 Å². The zero-order valence-electron chi connectivity index (χ0n) is 16.7. The highest BCUT2D eigenvalue weighted by molar-refractivity contribution is 6.02. The van der Waals surface area contributed by atoms with Crippen molar-refractivity contribution in [2.45, 2.75) is 6.54 Å². The molecule has 2 heterocycles. The number of hydrogen-bond donors (Lipinski definition) is 1. The Kier molecular flexibility index (Phi) is 6.09. The Bertz CT molecular complexity index is 1270. The van der Waals surface area contributed by atoms with Crippen molar-refractivity contribution >= 4 is 23.7 Å². The van der Waals surface area contributed by atoms with Gasteiger partial charge in [-0.25, -0.2) is 4.68 Å². The Labute approximate surface area is 179 Å². The molecule has 0 atom stereocenters. The molecule has 0 saturated carbocycles. The Morgan fingerprint density at radius 1 is 0.903 bits per heavy atom. The van der Waals surface area contributed by atoms with Crippen molar-refractivity contribution < 1.29 is 4.79 Å². The van der Waals surface area contributed by atoms with Gasteiger partial charge < -0.3 is 5.32 Å². The summed E-state index contributed by atoms with van der Waals surface area (Å²) in [5.74, 6) is -0.382. The van der Waals surface area contributed by atoms with E-state index >= 15 is 0 Å². The number of aromatic nitrogens is 3. The lowest BCUT2D eigenvalue weighted by Crippen LogP contribution is -2.26. The molecule has 1 amide bonds. The number of nitrogens with zero attached hydrogens (tertiary/aromatic N) is 3. The normalized spacial score (nSPS) is 10.8. The number of nitrogens with one attached hydrogen (secondary N) is 1. The van der Waals surface area contributed by atoms with Crippen LogP contribution >= 0.6 is 0 Å². The van der Waals surface area contributed by atoms with Gasteiger partial charge in [0.25, 0.3) is 11.5 Å². The minimum atomic E-state index is -0.382. The molecular formula is C25H20N4O2. The van der Waals surface area contributed by atoms with Gasteiger partial charge in [0.2, 0.25) is 0 Å². The van der Waals surface area contributed by atoms with E-state index in [4.69, 9.17) is 0 Å². The highest BCUT2D eigenvalue weighted by Crippen LogP contribution is 2.14. The smallest absolute Gasteiger partial charge is 0.276 e. The van der Waals surface area contributed by atoms with Gasteiger partial charge >= 0.3 is 0 Å². The largest absolute Gasteiger partial charge is 0.321 e. The van der Waals surface area contributed by atoms with Crippen LogP contribution in [0.3, 0.4) is 0 Å². The molecule has 0 unspecified atom stereocenters. The van der Waals surface area contributed by atoms with E-state index in [0.29, 0.717) is 12.2 Å². The third-order valence-corrected chi connectivity index (χ3v) is 4.55. The van der Waals surface area contributed by atoms with Crippen molar-refractivity contribution in [3.05, 3.63) is 124 Å². The van der Waals surface area contributed by atoms with Crippen LogP contribution in [-0.4, -0.2) is 20.7 Å². The molecule has 0 radical (unpaired) electrons. The summed E-state index contributed by atoms with van der Waals surface area (Å²) in [6.07, 6.45) is 5.57. The predicted molar refractivity (Wildman–Crippen MR) is 122 cm³/mol. The highest BCUT2D eigenvalue weighted by Gasteiger charge is 2.10. The van der Waals surface area contributed by atoms with Gasteiger partial charge in [-0.15, -0.1) is 0 Å². The summed E-state index contributed by atoms with van der Waals surface area (Å²) < 4.78 is 1.29. The number of pyridine rings is 1.